The van der Waals surface area contributed by atoms with Gasteiger partial charge in [-0.1, -0.05) is 0 Å². The molecule has 4 atom stereocenters. The topological polar surface area (TPSA) is 128 Å². The fourth-order valence-electron chi connectivity index (χ4n) is 1.95. The average Bonchev–Trinajstić information content (AvgIpc) is 2.88. The van der Waals surface area contributed by atoms with Gasteiger partial charge in [0.2, 0.25) is 11.8 Å². The number of hydrogen-bond donors (Lipinski definition) is 5. The molecule has 0 bridgehead atoms. The smallest absolute Gasteiger partial charge is 0.328 e. The molecule has 0 aromatic heterocycles. The van der Waals surface area contributed by atoms with Gasteiger partial charge >= 0.3 is 5.97 Å². The van der Waals surface area contributed by atoms with Crippen molar-refractivity contribution in [2.45, 2.75) is 50.9 Å². The van der Waals surface area contributed by atoms with Crippen molar-refractivity contribution >= 4 is 17.8 Å². The first kappa shape index (κ1) is 16.4. The number of amides is 2. The molecule has 1 fully saturated rings. The Balaban J connectivity index is 2.49. The molecule has 1 saturated heterocycles. The summed E-state index contributed by atoms with van der Waals surface area (Å²) in [4.78, 5) is 34.4. The highest BCUT2D eigenvalue weighted by Crippen LogP contribution is 2.05. The quantitative estimate of drug-likeness (QED) is 0.392. The third-order valence-corrected chi connectivity index (χ3v) is 3.18. The van der Waals surface area contributed by atoms with E-state index < -0.39 is 30.1 Å². The maximum atomic E-state index is 11.8. The summed E-state index contributed by atoms with van der Waals surface area (Å²) in [5.41, 5.74) is 0. The highest BCUT2D eigenvalue weighted by Gasteiger charge is 2.29. The minimum absolute atomic E-state index is 0.283. The highest BCUT2D eigenvalue weighted by molar-refractivity contribution is 5.91. The van der Waals surface area contributed by atoms with Crippen LogP contribution in [0.1, 0.15) is 26.7 Å². The molecule has 2 amide bonds. The number of rotatable bonds is 6. The second-order valence-corrected chi connectivity index (χ2v) is 4.94. The van der Waals surface area contributed by atoms with Gasteiger partial charge in [-0.05, 0) is 33.2 Å². The van der Waals surface area contributed by atoms with E-state index in [2.05, 4.69) is 16.0 Å². The van der Waals surface area contributed by atoms with E-state index in [0.717, 1.165) is 13.0 Å². The molecule has 1 aliphatic heterocycles. The summed E-state index contributed by atoms with van der Waals surface area (Å²) in [5, 5.41) is 25.8. The van der Waals surface area contributed by atoms with Crippen LogP contribution in [0.15, 0.2) is 0 Å². The molecular weight excluding hydrogens is 266 g/mol. The number of nitrogens with one attached hydrogen (secondary N) is 3. The van der Waals surface area contributed by atoms with Crippen LogP contribution in [-0.4, -0.2) is 58.8 Å². The lowest BCUT2D eigenvalue weighted by atomic mass is 10.1. The number of aliphatic hydroxyl groups is 1. The first-order valence-electron chi connectivity index (χ1n) is 6.58. The molecule has 0 aromatic carbocycles. The fraction of sp³-hybridized carbons (Fsp3) is 0.750. The molecule has 1 rings (SSSR count). The van der Waals surface area contributed by atoms with Crippen LogP contribution in [0.4, 0.5) is 0 Å². The third-order valence-electron chi connectivity index (χ3n) is 3.18. The van der Waals surface area contributed by atoms with Crippen molar-refractivity contribution in [3.05, 3.63) is 0 Å². The minimum Gasteiger partial charge on any atom is -0.480 e. The lowest BCUT2D eigenvalue weighted by Gasteiger charge is -2.21. The number of carbonyl (C=O) groups excluding carboxylic acids is 2. The second-order valence-electron chi connectivity index (χ2n) is 4.94. The number of carboxylic acid groups (broad SMARTS) is 1. The third kappa shape index (κ3) is 4.46. The van der Waals surface area contributed by atoms with Gasteiger partial charge in [0.05, 0.1) is 12.1 Å². The van der Waals surface area contributed by atoms with Crippen LogP contribution in [0, 0.1) is 0 Å². The summed E-state index contributed by atoms with van der Waals surface area (Å²) < 4.78 is 0. The maximum absolute atomic E-state index is 11.8. The van der Waals surface area contributed by atoms with Crippen LogP contribution < -0.4 is 16.0 Å². The molecule has 0 radical (unpaired) electrons. The molecule has 0 spiro atoms. The zero-order valence-electron chi connectivity index (χ0n) is 11.5. The molecule has 1 heterocycles. The standard InChI is InChI=1S/C12H21N3O5/c1-6(14-11(18)8-4-3-5-13-8)10(17)15-9(7(2)16)12(19)20/h6-9,13,16H,3-5H2,1-2H3,(H,14,18)(H,15,17)(H,19,20). The predicted octanol–water partition coefficient (Wildman–Crippen LogP) is -1.81. The van der Waals surface area contributed by atoms with Crippen LogP contribution in [0.5, 0.6) is 0 Å². The van der Waals surface area contributed by atoms with E-state index in [9.17, 15) is 19.5 Å². The number of hydrogen-bond acceptors (Lipinski definition) is 5. The predicted molar refractivity (Wildman–Crippen MR) is 69.9 cm³/mol. The van der Waals surface area contributed by atoms with Crippen molar-refractivity contribution in [3.63, 3.8) is 0 Å². The first-order valence-corrected chi connectivity index (χ1v) is 6.58. The largest absolute Gasteiger partial charge is 0.480 e. The zero-order chi connectivity index (χ0) is 15.3. The van der Waals surface area contributed by atoms with E-state index in [1.165, 1.54) is 13.8 Å². The SMILES string of the molecule is CC(NC(=O)C1CCCN1)C(=O)NC(C(=O)O)C(C)O. The van der Waals surface area contributed by atoms with Gasteiger partial charge in [-0.3, -0.25) is 9.59 Å². The van der Waals surface area contributed by atoms with Crippen LogP contribution in [0.3, 0.4) is 0 Å². The molecule has 8 nitrogen and oxygen atoms in total. The van der Waals surface area contributed by atoms with E-state index in [1.807, 2.05) is 0 Å². The molecule has 0 aromatic rings. The van der Waals surface area contributed by atoms with Crippen molar-refractivity contribution in [1.82, 2.24) is 16.0 Å². The van der Waals surface area contributed by atoms with Crippen LogP contribution in [-0.2, 0) is 14.4 Å². The van der Waals surface area contributed by atoms with Crippen LogP contribution >= 0.6 is 0 Å². The highest BCUT2D eigenvalue weighted by atomic mass is 16.4. The van der Waals surface area contributed by atoms with E-state index in [1.54, 1.807) is 0 Å². The number of aliphatic carboxylic acids is 1. The molecule has 1 aliphatic rings. The zero-order valence-corrected chi connectivity index (χ0v) is 11.5. The Kier molecular flexibility index (Phi) is 5.90. The Morgan fingerprint density at radius 2 is 1.90 bits per heavy atom. The second kappa shape index (κ2) is 7.20. The van der Waals surface area contributed by atoms with Crippen LogP contribution in [0.25, 0.3) is 0 Å². The van der Waals surface area contributed by atoms with E-state index in [0.29, 0.717) is 6.42 Å². The summed E-state index contributed by atoms with van der Waals surface area (Å²) in [6.07, 6.45) is 0.392. The van der Waals surface area contributed by atoms with Gasteiger partial charge in [-0.25, -0.2) is 4.79 Å². The lowest BCUT2D eigenvalue weighted by Crippen LogP contribution is -2.55. The molecule has 4 unspecified atom stereocenters. The molecule has 5 N–H and O–H groups in total. The van der Waals surface area contributed by atoms with Crippen molar-refractivity contribution in [2.75, 3.05) is 6.54 Å². The molecule has 20 heavy (non-hydrogen) atoms. The van der Waals surface area contributed by atoms with Crippen LogP contribution in [0.2, 0.25) is 0 Å². The Labute approximate surface area is 116 Å². The molecule has 0 saturated carbocycles. The number of aliphatic hydroxyl groups excluding tert-OH is 1. The Morgan fingerprint density at radius 1 is 1.25 bits per heavy atom. The molecule has 8 heteroatoms. The molecule has 114 valence electrons. The Bertz CT molecular complexity index is 379. The van der Waals surface area contributed by atoms with E-state index in [4.69, 9.17) is 5.11 Å². The van der Waals surface area contributed by atoms with Gasteiger partial charge < -0.3 is 26.2 Å². The summed E-state index contributed by atoms with van der Waals surface area (Å²) >= 11 is 0. The van der Waals surface area contributed by atoms with Gasteiger partial charge in [-0.15, -0.1) is 0 Å². The Morgan fingerprint density at radius 3 is 2.35 bits per heavy atom. The minimum atomic E-state index is -1.40. The summed E-state index contributed by atoms with van der Waals surface area (Å²) in [7, 11) is 0. The number of carboxylic acids is 1. The van der Waals surface area contributed by atoms with Crippen molar-refractivity contribution < 1.29 is 24.6 Å². The van der Waals surface area contributed by atoms with Gasteiger partial charge in [0.1, 0.15) is 6.04 Å². The first-order chi connectivity index (χ1) is 9.32. The normalized spacial score (nSPS) is 22.6. The summed E-state index contributed by atoms with van der Waals surface area (Å²) in [5.74, 6) is -2.26. The fourth-order valence-corrected chi connectivity index (χ4v) is 1.95. The van der Waals surface area contributed by atoms with E-state index in [-0.39, 0.29) is 11.9 Å². The summed E-state index contributed by atoms with van der Waals surface area (Å²) in [6, 6.07) is -2.57. The number of carbonyl (C=O) groups is 3. The van der Waals surface area contributed by atoms with Crippen molar-refractivity contribution in [3.8, 4) is 0 Å². The van der Waals surface area contributed by atoms with Gasteiger partial charge in [-0.2, -0.15) is 0 Å². The van der Waals surface area contributed by atoms with Crippen molar-refractivity contribution in [2.24, 2.45) is 0 Å². The van der Waals surface area contributed by atoms with Gasteiger partial charge in [0.25, 0.3) is 0 Å². The monoisotopic (exact) mass is 287 g/mol. The average molecular weight is 287 g/mol. The van der Waals surface area contributed by atoms with E-state index >= 15 is 0 Å². The summed E-state index contributed by atoms with van der Waals surface area (Å²) in [6.45, 7) is 3.50. The van der Waals surface area contributed by atoms with Gasteiger partial charge in [0.15, 0.2) is 6.04 Å². The lowest BCUT2D eigenvalue weighted by molar-refractivity contribution is -0.145. The van der Waals surface area contributed by atoms with Gasteiger partial charge in [0, 0.05) is 0 Å². The maximum Gasteiger partial charge on any atom is 0.328 e. The Hall–Kier alpha value is -1.67. The van der Waals surface area contributed by atoms with Crippen molar-refractivity contribution in [1.29, 1.82) is 0 Å². The molecular formula is C12H21N3O5. The molecule has 0 aliphatic carbocycles.